The number of nitrogens with one attached hydrogen (secondary N) is 1. The van der Waals surface area contributed by atoms with Crippen LogP contribution in [0.2, 0.25) is 5.02 Å². The molecule has 1 N–H and O–H groups in total. The maximum absolute atomic E-state index is 13.4. The number of hydrogen-bond donors (Lipinski definition) is 1. The first-order valence-electron chi connectivity index (χ1n) is 11.0. The van der Waals surface area contributed by atoms with Gasteiger partial charge in [0.25, 0.3) is 0 Å². The normalized spacial score (nSPS) is 12.2. The standard InChI is InChI=1S/C24H32ClN3O5S/c1-6-33-22-13-11-21(12-14-22)28(34(5,31)32)16-23(29)27(18(4)24(30)26-17(2)3)15-19-7-9-20(25)10-8-19/h7-14,17-18H,6,15-16H2,1-5H3,(H,26,30). The molecule has 0 aliphatic rings. The molecule has 0 aliphatic heterocycles. The number of anilines is 1. The molecule has 0 bridgehead atoms. The molecule has 0 aliphatic carbocycles. The smallest absolute Gasteiger partial charge is 0.244 e. The number of hydrogen-bond acceptors (Lipinski definition) is 5. The van der Waals surface area contributed by atoms with E-state index in [-0.39, 0.29) is 18.5 Å². The zero-order chi connectivity index (χ0) is 25.5. The molecule has 34 heavy (non-hydrogen) atoms. The first kappa shape index (κ1) is 27.5. The summed E-state index contributed by atoms with van der Waals surface area (Å²) in [5, 5.41) is 3.35. The number of nitrogens with zero attached hydrogens (tertiary/aromatic N) is 2. The minimum atomic E-state index is -3.79. The Morgan fingerprint density at radius 2 is 1.62 bits per heavy atom. The summed E-state index contributed by atoms with van der Waals surface area (Å²) in [4.78, 5) is 27.5. The van der Waals surface area contributed by atoms with Crippen molar-refractivity contribution in [3.05, 3.63) is 59.1 Å². The van der Waals surface area contributed by atoms with E-state index >= 15 is 0 Å². The van der Waals surface area contributed by atoms with Crippen LogP contribution < -0.4 is 14.4 Å². The first-order valence-corrected chi connectivity index (χ1v) is 13.2. The van der Waals surface area contributed by atoms with Crippen LogP contribution in [0.5, 0.6) is 5.75 Å². The Morgan fingerprint density at radius 3 is 2.12 bits per heavy atom. The maximum Gasteiger partial charge on any atom is 0.244 e. The number of amides is 2. The number of carbonyl (C=O) groups is 2. The van der Waals surface area contributed by atoms with Crippen molar-refractivity contribution in [2.45, 2.75) is 46.3 Å². The van der Waals surface area contributed by atoms with Gasteiger partial charge in [-0.1, -0.05) is 23.7 Å². The van der Waals surface area contributed by atoms with Crippen LogP contribution in [-0.4, -0.2) is 56.6 Å². The average Bonchev–Trinajstić information content (AvgIpc) is 2.76. The van der Waals surface area contributed by atoms with Gasteiger partial charge in [-0.2, -0.15) is 0 Å². The molecule has 2 aromatic carbocycles. The second-order valence-electron chi connectivity index (χ2n) is 8.18. The Kier molecular flexibility index (Phi) is 9.76. The minimum absolute atomic E-state index is 0.112. The van der Waals surface area contributed by atoms with Crippen LogP contribution in [0.25, 0.3) is 0 Å². The number of sulfonamides is 1. The minimum Gasteiger partial charge on any atom is -0.494 e. The highest BCUT2D eigenvalue weighted by molar-refractivity contribution is 7.92. The summed E-state index contributed by atoms with van der Waals surface area (Å²) in [6.45, 7) is 7.25. The first-order chi connectivity index (χ1) is 15.9. The lowest BCUT2D eigenvalue weighted by molar-refractivity contribution is -0.139. The molecule has 186 valence electrons. The number of benzene rings is 2. The topological polar surface area (TPSA) is 96.0 Å². The van der Waals surface area contributed by atoms with Crippen LogP contribution in [0.15, 0.2) is 48.5 Å². The molecule has 1 atom stereocenters. The Balaban J connectivity index is 2.35. The van der Waals surface area contributed by atoms with Gasteiger partial charge in [-0.3, -0.25) is 13.9 Å². The monoisotopic (exact) mass is 509 g/mol. The third-order valence-electron chi connectivity index (χ3n) is 4.98. The predicted octanol–water partition coefficient (Wildman–Crippen LogP) is 3.45. The fourth-order valence-corrected chi connectivity index (χ4v) is 4.24. The highest BCUT2D eigenvalue weighted by Gasteiger charge is 2.30. The van der Waals surface area contributed by atoms with Gasteiger partial charge < -0.3 is 15.0 Å². The molecule has 2 rings (SSSR count). The SMILES string of the molecule is CCOc1ccc(N(CC(=O)N(Cc2ccc(Cl)cc2)C(C)C(=O)NC(C)C)S(C)(=O)=O)cc1. The second kappa shape index (κ2) is 12.1. The predicted molar refractivity (Wildman–Crippen MR) is 135 cm³/mol. The van der Waals surface area contributed by atoms with Gasteiger partial charge in [-0.15, -0.1) is 0 Å². The summed E-state index contributed by atoms with van der Waals surface area (Å²) in [5.74, 6) is -0.251. The van der Waals surface area contributed by atoms with Crippen LogP contribution in [0.4, 0.5) is 5.69 Å². The molecular weight excluding hydrogens is 478 g/mol. The number of rotatable bonds is 11. The third-order valence-corrected chi connectivity index (χ3v) is 6.37. The lowest BCUT2D eigenvalue weighted by Crippen LogP contribution is -2.52. The quantitative estimate of drug-likeness (QED) is 0.500. The molecular formula is C24H32ClN3O5S. The van der Waals surface area contributed by atoms with Gasteiger partial charge in [0, 0.05) is 17.6 Å². The molecule has 0 spiro atoms. The molecule has 0 heterocycles. The average molecular weight is 510 g/mol. The van der Waals surface area contributed by atoms with E-state index in [0.717, 1.165) is 16.1 Å². The van der Waals surface area contributed by atoms with Crippen LogP contribution >= 0.6 is 11.6 Å². The molecule has 0 aromatic heterocycles. The molecule has 1 unspecified atom stereocenters. The van der Waals surface area contributed by atoms with E-state index in [0.29, 0.717) is 23.1 Å². The van der Waals surface area contributed by atoms with Crippen molar-refractivity contribution >= 4 is 39.1 Å². The van der Waals surface area contributed by atoms with E-state index in [4.69, 9.17) is 16.3 Å². The van der Waals surface area contributed by atoms with Gasteiger partial charge in [0.15, 0.2) is 0 Å². The molecule has 2 amide bonds. The van der Waals surface area contributed by atoms with Crippen molar-refractivity contribution < 1.29 is 22.7 Å². The van der Waals surface area contributed by atoms with Gasteiger partial charge >= 0.3 is 0 Å². The summed E-state index contributed by atoms with van der Waals surface area (Å²) >= 11 is 5.97. The molecule has 10 heteroatoms. The van der Waals surface area contributed by atoms with Crippen molar-refractivity contribution in [1.29, 1.82) is 0 Å². The van der Waals surface area contributed by atoms with Gasteiger partial charge in [-0.05, 0) is 69.7 Å². The third kappa shape index (κ3) is 7.92. The summed E-state index contributed by atoms with van der Waals surface area (Å²) in [6, 6.07) is 12.4. The summed E-state index contributed by atoms with van der Waals surface area (Å²) in [7, 11) is -3.79. The number of ether oxygens (including phenoxy) is 1. The zero-order valence-corrected chi connectivity index (χ0v) is 21.7. The maximum atomic E-state index is 13.4. The van der Waals surface area contributed by atoms with E-state index in [2.05, 4.69) is 5.32 Å². The fraction of sp³-hybridized carbons (Fsp3) is 0.417. The molecule has 8 nitrogen and oxygen atoms in total. The second-order valence-corrected chi connectivity index (χ2v) is 10.5. The number of carbonyl (C=O) groups excluding carboxylic acids is 2. The highest BCUT2D eigenvalue weighted by Crippen LogP contribution is 2.22. The van der Waals surface area contributed by atoms with Crippen molar-refractivity contribution in [3.8, 4) is 5.75 Å². The van der Waals surface area contributed by atoms with E-state index in [1.165, 1.54) is 4.90 Å². The lowest BCUT2D eigenvalue weighted by atomic mass is 10.1. The van der Waals surface area contributed by atoms with E-state index in [9.17, 15) is 18.0 Å². The largest absolute Gasteiger partial charge is 0.494 e. The van der Waals surface area contributed by atoms with Gasteiger partial charge in [0.1, 0.15) is 18.3 Å². The van der Waals surface area contributed by atoms with Gasteiger partial charge in [0.05, 0.1) is 18.6 Å². The van der Waals surface area contributed by atoms with Crippen molar-refractivity contribution in [3.63, 3.8) is 0 Å². The summed E-state index contributed by atoms with van der Waals surface area (Å²) in [6.07, 6.45) is 1.04. The van der Waals surface area contributed by atoms with Crippen molar-refractivity contribution in [1.82, 2.24) is 10.2 Å². The molecule has 0 fully saturated rings. The van der Waals surface area contributed by atoms with Crippen LogP contribution in [0, 0.1) is 0 Å². The van der Waals surface area contributed by atoms with E-state index < -0.39 is 28.5 Å². The highest BCUT2D eigenvalue weighted by atomic mass is 35.5. The van der Waals surface area contributed by atoms with Crippen molar-refractivity contribution in [2.24, 2.45) is 0 Å². The summed E-state index contributed by atoms with van der Waals surface area (Å²) < 4.78 is 31.6. The Hall–Kier alpha value is -2.78. The summed E-state index contributed by atoms with van der Waals surface area (Å²) in [5.41, 5.74) is 1.08. The Bertz CT molecular complexity index is 1070. The Morgan fingerprint density at radius 1 is 1.03 bits per heavy atom. The van der Waals surface area contributed by atoms with Crippen LogP contribution in [-0.2, 0) is 26.2 Å². The molecule has 2 aromatic rings. The lowest BCUT2D eigenvalue weighted by Gasteiger charge is -2.32. The number of halogens is 1. The van der Waals surface area contributed by atoms with E-state index in [1.54, 1.807) is 55.5 Å². The van der Waals surface area contributed by atoms with Gasteiger partial charge in [-0.25, -0.2) is 8.42 Å². The van der Waals surface area contributed by atoms with Crippen LogP contribution in [0.1, 0.15) is 33.3 Å². The fourth-order valence-electron chi connectivity index (χ4n) is 3.26. The zero-order valence-electron chi connectivity index (χ0n) is 20.1. The molecule has 0 radical (unpaired) electrons. The van der Waals surface area contributed by atoms with Crippen molar-refractivity contribution in [2.75, 3.05) is 23.7 Å². The van der Waals surface area contributed by atoms with Gasteiger partial charge in [0.2, 0.25) is 21.8 Å². The molecule has 0 saturated carbocycles. The van der Waals surface area contributed by atoms with E-state index in [1.807, 2.05) is 20.8 Å². The molecule has 0 saturated heterocycles. The van der Waals surface area contributed by atoms with Crippen LogP contribution in [0.3, 0.4) is 0 Å². The Labute approximate surface area is 206 Å².